The Morgan fingerprint density at radius 2 is 2.05 bits per heavy atom. The van der Waals surface area contributed by atoms with Gasteiger partial charge in [0.25, 0.3) is 0 Å². The third-order valence-electron chi connectivity index (χ3n) is 3.20. The number of nitrogens with one attached hydrogen (secondary N) is 3. The Morgan fingerprint density at radius 1 is 1.35 bits per heavy atom. The minimum Gasteiger partial charge on any atom is -0.352 e. The second kappa shape index (κ2) is 10.3. The van der Waals surface area contributed by atoms with Crippen LogP contribution in [0.1, 0.15) is 33.6 Å². The second-order valence-electron chi connectivity index (χ2n) is 5.04. The van der Waals surface area contributed by atoms with Crippen molar-refractivity contribution in [1.82, 2.24) is 16.0 Å². The normalized spacial score (nSPS) is 21.2. The summed E-state index contributed by atoms with van der Waals surface area (Å²) in [5, 5.41) is 8.93. The summed E-state index contributed by atoms with van der Waals surface area (Å²) >= 11 is 1.86. The molecule has 2 amide bonds. The lowest BCUT2D eigenvalue weighted by atomic mass is 10.2. The third kappa shape index (κ3) is 7.36. The summed E-state index contributed by atoms with van der Waals surface area (Å²) in [7, 11) is 0. The van der Waals surface area contributed by atoms with Crippen molar-refractivity contribution in [2.45, 2.75) is 51.7 Å². The standard InChI is InChI=1S/C13H25N3O2S.ClH/c1-4-9(2)15-13(18)10(3)16-12(17)7-11-8-19-6-5-14-11;/h9-11,14H,4-8H2,1-3H3,(H,15,18)(H,16,17);1H. The molecular formula is C13H26ClN3O2S. The molecule has 1 aliphatic heterocycles. The number of carbonyl (C=O) groups is 2. The molecule has 1 fully saturated rings. The van der Waals surface area contributed by atoms with Crippen molar-refractivity contribution in [3.63, 3.8) is 0 Å². The zero-order chi connectivity index (χ0) is 14.3. The zero-order valence-corrected chi connectivity index (χ0v) is 14.0. The van der Waals surface area contributed by atoms with E-state index in [1.807, 2.05) is 25.6 Å². The molecular weight excluding hydrogens is 298 g/mol. The maximum Gasteiger partial charge on any atom is 0.242 e. The lowest BCUT2D eigenvalue weighted by Crippen LogP contribution is -2.49. The Labute approximate surface area is 131 Å². The van der Waals surface area contributed by atoms with Gasteiger partial charge in [0, 0.05) is 36.6 Å². The first-order valence-electron chi connectivity index (χ1n) is 6.93. The number of carbonyl (C=O) groups excluding carboxylic acids is 2. The van der Waals surface area contributed by atoms with Gasteiger partial charge in [-0.1, -0.05) is 6.92 Å². The van der Waals surface area contributed by atoms with Crippen molar-refractivity contribution in [3.05, 3.63) is 0 Å². The van der Waals surface area contributed by atoms with Crippen LogP contribution in [0.2, 0.25) is 0 Å². The summed E-state index contributed by atoms with van der Waals surface area (Å²) in [6.07, 6.45) is 1.32. The van der Waals surface area contributed by atoms with Crippen LogP contribution in [-0.4, -0.2) is 48.0 Å². The summed E-state index contributed by atoms with van der Waals surface area (Å²) in [5.41, 5.74) is 0. The fourth-order valence-corrected chi connectivity index (χ4v) is 2.76. The van der Waals surface area contributed by atoms with E-state index in [-0.39, 0.29) is 36.3 Å². The van der Waals surface area contributed by atoms with E-state index in [1.165, 1.54) is 0 Å². The van der Waals surface area contributed by atoms with Gasteiger partial charge in [0.2, 0.25) is 11.8 Å². The highest BCUT2D eigenvalue weighted by atomic mass is 35.5. The first kappa shape index (κ1) is 19.5. The van der Waals surface area contributed by atoms with Crippen LogP contribution in [0, 0.1) is 0 Å². The highest BCUT2D eigenvalue weighted by molar-refractivity contribution is 7.99. The molecule has 1 rings (SSSR count). The van der Waals surface area contributed by atoms with Crippen molar-refractivity contribution < 1.29 is 9.59 Å². The molecule has 0 spiro atoms. The molecule has 20 heavy (non-hydrogen) atoms. The highest BCUT2D eigenvalue weighted by Gasteiger charge is 2.20. The molecule has 0 radical (unpaired) electrons. The molecule has 1 aliphatic rings. The van der Waals surface area contributed by atoms with Crippen molar-refractivity contribution in [2.24, 2.45) is 0 Å². The van der Waals surface area contributed by atoms with E-state index in [1.54, 1.807) is 6.92 Å². The predicted molar refractivity (Wildman–Crippen MR) is 86.5 cm³/mol. The van der Waals surface area contributed by atoms with E-state index in [9.17, 15) is 9.59 Å². The number of hydrogen-bond donors (Lipinski definition) is 3. The lowest BCUT2D eigenvalue weighted by Gasteiger charge is -2.23. The SMILES string of the molecule is CCC(C)NC(=O)C(C)NC(=O)CC1CSCCN1.Cl. The minimum atomic E-state index is -0.474. The summed E-state index contributed by atoms with van der Waals surface area (Å²) in [6.45, 7) is 6.64. The number of halogens is 1. The van der Waals surface area contributed by atoms with Gasteiger partial charge in [-0.05, 0) is 20.3 Å². The predicted octanol–water partition coefficient (Wildman–Crippen LogP) is 0.923. The monoisotopic (exact) mass is 323 g/mol. The van der Waals surface area contributed by atoms with Crippen molar-refractivity contribution in [2.75, 3.05) is 18.1 Å². The van der Waals surface area contributed by atoms with Gasteiger partial charge in [0.15, 0.2) is 0 Å². The molecule has 7 heteroatoms. The molecule has 5 nitrogen and oxygen atoms in total. The van der Waals surface area contributed by atoms with Gasteiger partial charge in [-0.15, -0.1) is 12.4 Å². The van der Waals surface area contributed by atoms with E-state index in [0.29, 0.717) is 6.42 Å². The molecule has 0 saturated carbocycles. The molecule has 0 aromatic rings. The van der Waals surface area contributed by atoms with E-state index >= 15 is 0 Å². The van der Waals surface area contributed by atoms with Crippen LogP contribution >= 0.6 is 24.2 Å². The van der Waals surface area contributed by atoms with Crippen molar-refractivity contribution in [1.29, 1.82) is 0 Å². The Bertz CT molecular complexity index is 312. The first-order valence-corrected chi connectivity index (χ1v) is 8.09. The number of hydrogen-bond acceptors (Lipinski definition) is 4. The molecule has 3 N–H and O–H groups in total. The van der Waals surface area contributed by atoms with E-state index in [2.05, 4.69) is 16.0 Å². The average molecular weight is 324 g/mol. The summed E-state index contributed by atoms with van der Waals surface area (Å²) < 4.78 is 0. The van der Waals surface area contributed by atoms with Crippen LogP contribution in [0.3, 0.4) is 0 Å². The minimum absolute atomic E-state index is 0. The molecule has 0 aromatic carbocycles. The number of thioether (sulfide) groups is 1. The fourth-order valence-electron chi connectivity index (χ4n) is 1.81. The second-order valence-corrected chi connectivity index (χ2v) is 6.19. The van der Waals surface area contributed by atoms with Crippen LogP contribution < -0.4 is 16.0 Å². The maximum absolute atomic E-state index is 11.8. The molecule has 0 bridgehead atoms. The Balaban J connectivity index is 0.00000361. The molecule has 3 atom stereocenters. The van der Waals surface area contributed by atoms with Gasteiger partial charge >= 0.3 is 0 Å². The van der Waals surface area contributed by atoms with Gasteiger partial charge in [-0.25, -0.2) is 0 Å². The first-order chi connectivity index (χ1) is 9.02. The number of rotatable bonds is 6. The van der Waals surface area contributed by atoms with Gasteiger partial charge in [0.05, 0.1) is 0 Å². The summed E-state index contributed by atoms with van der Waals surface area (Å²) in [4.78, 5) is 23.6. The van der Waals surface area contributed by atoms with Gasteiger partial charge < -0.3 is 16.0 Å². The van der Waals surface area contributed by atoms with E-state index in [0.717, 1.165) is 24.5 Å². The number of amides is 2. The van der Waals surface area contributed by atoms with Crippen molar-refractivity contribution >= 4 is 36.0 Å². The third-order valence-corrected chi connectivity index (χ3v) is 4.33. The smallest absolute Gasteiger partial charge is 0.242 e. The Morgan fingerprint density at radius 3 is 2.60 bits per heavy atom. The van der Waals surface area contributed by atoms with Crippen LogP contribution in [0.25, 0.3) is 0 Å². The molecule has 118 valence electrons. The molecule has 0 aliphatic carbocycles. The van der Waals surface area contributed by atoms with Gasteiger partial charge in [-0.2, -0.15) is 11.8 Å². The maximum atomic E-state index is 11.8. The molecule has 1 heterocycles. The van der Waals surface area contributed by atoms with Gasteiger partial charge in [0.1, 0.15) is 6.04 Å². The summed E-state index contributed by atoms with van der Waals surface area (Å²) in [5.74, 6) is 1.88. The van der Waals surface area contributed by atoms with Gasteiger partial charge in [-0.3, -0.25) is 9.59 Å². The van der Waals surface area contributed by atoms with Crippen LogP contribution in [-0.2, 0) is 9.59 Å². The van der Waals surface area contributed by atoms with E-state index < -0.39 is 6.04 Å². The zero-order valence-electron chi connectivity index (χ0n) is 12.4. The van der Waals surface area contributed by atoms with Crippen LogP contribution in [0.15, 0.2) is 0 Å². The molecule has 3 unspecified atom stereocenters. The van der Waals surface area contributed by atoms with Crippen LogP contribution in [0.5, 0.6) is 0 Å². The molecule has 0 aromatic heterocycles. The largest absolute Gasteiger partial charge is 0.352 e. The topological polar surface area (TPSA) is 70.2 Å². The average Bonchev–Trinajstić information content (AvgIpc) is 2.39. The van der Waals surface area contributed by atoms with Crippen LogP contribution in [0.4, 0.5) is 0 Å². The Kier molecular flexibility index (Phi) is 10.1. The quantitative estimate of drug-likeness (QED) is 0.680. The van der Waals surface area contributed by atoms with Crippen molar-refractivity contribution in [3.8, 4) is 0 Å². The molecule has 1 saturated heterocycles. The Hall–Kier alpha value is -0.460. The van der Waals surface area contributed by atoms with E-state index in [4.69, 9.17) is 0 Å². The highest BCUT2D eigenvalue weighted by Crippen LogP contribution is 2.10. The summed E-state index contributed by atoms with van der Waals surface area (Å²) in [6, 6.07) is -0.107. The fraction of sp³-hybridized carbons (Fsp3) is 0.846. The lowest BCUT2D eigenvalue weighted by molar-refractivity contribution is -0.129.